The summed E-state index contributed by atoms with van der Waals surface area (Å²) in [6.45, 7) is 2.02. The largest absolute Gasteiger partial charge is 0.311 e. The SMILES string of the molecule is CCS(=O)(=O)N[C@H]1CCN(c2cccc(Cl)c2)C1=O. The van der Waals surface area contributed by atoms with Gasteiger partial charge in [0.1, 0.15) is 6.04 Å². The molecule has 2 rings (SSSR count). The van der Waals surface area contributed by atoms with E-state index in [9.17, 15) is 13.2 Å². The van der Waals surface area contributed by atoms with Crippen molar-refractivity contribution < 1.29 is 13.2 Å². The second kappa shape index (κ2) is 5.48. The van der Waals surface area contributed by atoms with Gasteiger partial charge in [-0.3, -0.25) is 4.79 Å². The Morgan fingerprint density at radius 1 is 1.47 bits per heavy atom. The minimum atomic E-state index is -3.37. The number of halogens is 1. The lowest BCUT2D eigenvalue weighted by atomic mass is 10.3. The van der Waals surface area contributed by atoms with Crippen molar-refractivity contribution in [2.45, 2.75) is 19.4 Å². The third-order valence-corrected chi connectivity index (χ3v) is 4.67. The first-order valence-electron chi connectivity index (χ1n) is 6.00. The Morgan fingerprint density at radius 3 is 2.84 bits per heavy atom. The van der Waals surface area contributed by atoms with Crippen LogP contribution in [0.5, 0.6) is 0 Å². The number of amides is 1. The number of benzene rings is 1. The standard InChI is InChI=1S/C12H15ClN2O3S/c1-2-19(17,18)14-11-6-7-15(12(11)16)10-5-3-4-9(13)8-10/h3-5,8,11,14H,2,6-7H2,1H3/t11-/m0/s1. The minimum Gasteiger partial charge on any atom is -0.311 e. The van der Waals surface area contributed by atoms with E-state index in [1.54, 1.807) is 29.2 Å². The van der Waals surface area contributed by atoms with Crippen molar-refractivity contribution in [3.8, 4) is 0 Å². The van der Waals surface area contributed by atoms with Gasteiger partial charge in [0.2, 0.25) is 15.9 Å². The molecule has 0 saturated carbocycles. The van der Waals surface area contributed by atoms with Gasteiger partial charge in [-0.15, -0.1) is 0 Å². The van der Waals surface area contributed by atoms with Gasteiger partial charge in [-0.1, -0.05) is 17.7 Å². The number of anilines is 1. The van der Waals surface area contributed by atoms with Crippen molar-refractivity contribution in [2.24, 2.45) is 0 Å². The van der Waals surface area contributed by atoms with Gasteiger partial charge in [0.25, 0.3) is 0 Å². The molecule has 1 aromatic carbocycles. The lowest BCUT2D eigenvalue weighted by molar-refractivity contribution is -0.118. The first-order chi connectivity index (χ1) is 8.93. The highest BCUT2D eigenvalue weighted by atomic mass is 35.5. The second-order valence-electron chi connectivity index (χ2n) is 4.33. The number of nitrogens with one attached hydrogen (secondary N) is 1. The average Bonchev–Trinajstić information content (AvgIpc) is 2.71. The summed E-state index contributed by atoms with van der Waals surface area (Å²) >= 11 is 5.89. The Hall–Kier alpha value is -1.11. The van der Waals surface area contributed by atoms with Gasteiger partial charge in [-0.05, 0) is 31.5 Å². The average molecular weight is 303 g/mol. The molecule has 0 spiro atoms. The third kappa shape index (κ3) is 3.26. The van der Waals surface area contributed by atoms with E-state index in [0.29, 0.717) is 23.7 Å². The molecule has 1 aliphatic rings. The van der Waals surface area contributed by atoms with Crippen LogP contribution >= 0.6 is 11.6 Å². The maximum atomic E-state index is 12.2. The van der Waals surface area contributed by atoms with Crippen LogP contribution < -0.4 is 9.62 Å². The van der Waals surface area contributed by atoms with Crippen molar-refractivity contribution in [2.75, 3.05) is 17.2 Å². The highest BCUT2D eigenvalue weighted by Gasteiger charge is 2.34. The zero-order chi connectivity index (χ0) is 14.0. The quantitative estimate of drug-likeness (QED) is 0.914. The molecular weight excluding hydrogens is 288 g/mol. The molecule has 0 unspecified atom stereocenters. The molecule has 1 amide bonds. The van der Waals surface area contributed by atoms with Crippen LogP contribution in [0.4, 0.5) is 5.69 Å². The lowest BCUT2D eigenvalue weighted by Gasteiger charge is -2.17. The molecule has 1 saturated heterocycles. The molecule has 0 aromatic heterocycles. The van der Waals surface area contributed by atoms with E-state index in [-0.39, 0.29) is 11.7 Å². The maximum absolute atomic E-state index is 12.2. The summed E-state index contributed by atoms with van der Waals surface area (Å²) in [4.78, 5) is 13.7. The second-order valence-corrected chi connectivity index (χ2v) is 6.81. The van der Waals surface area contributed by atoms with Crippen molar-refractivity contribution in [3.63, 3.8) is 0 Å². The predicted octanol–water partition coefficient (Wildman–Crippen LogP) is 1.38. The van der Waals surface area contributed by atoms with Gasteiger partial charge in [0, 0.05) is 17.3 Å². The van der Waals surface area contributed by atoms with Gasteiger partial charge in [0.15, 0.2) is 0 Å². The van der Waals surface area contributed by atoms with E-state index >= 15 is 0 Å². The Bertz CT molecular complexity index is 588. The molecule has 0 aliphatic carbocycles. The van der Waals surface area contributed by atoms with Gasteiger partial charge < -0.3 is 4.90 Å². The molecule has 7 heteroatoms. The zero-order valence-electron chi connectivity index (χ0n) is 10.5. The summed E-state index contributed by atoms with van der Waals surface area (Å²) in [5.74, 6) is -0.271. The van der Waals surface area contributed by atoms with Gasteiger partial charge >= 0.3 is 0 Å². The van der Waals surface area contributed by atoms with Crippen LogP contribution in [-0.4, -0.2) is 32.7 Å². The van der Waals surface area contributed by atoms with Crippen LogP contribution in [0.3, 0.4) is 0 Å². The molecule has 1 aromatic rings. The van der Waals surface area contributed by atoms with Crippen molar-refractivity contribution >= 4 is 33.2 Å². The summed E-state index contributed by atoms with van der Waals surface area (Å²) in [5.41, 5.74) is 0.690. The van der Waals surface area contributed by atoms with E-state index in [1.165, 1.54) is 6.92 Å². The molecule has 0 bridgehead atoms. The number of carbonyl (C=O) groups excluding carboxylic acids is 1. The summed E-state index contributed by atoms with van der Waals surface area (Å²) in [6.07, 6.45) is 0.463. The smallest absolute Gasteiger partial charge is 0.245 e. The normalized spacial score (nSPS) is 20.0. The molecule has 19 heavy (non-hydrogen) atoms. The lowest BCUT2D eigenvalue weighted by Crippen LogP contribution is -2.42. The number of hydrogen-bond acceptors (Lipinski definition) is 3. The molecule has 1 heterocycles. The molecule has 5 nitrogen and oxygen atoms in total. The molecule has 0 radical (unpaired) electrons. The Kier molecular flexibility index (Phi) is 4.13. The molecule has 1 N–H and O–H groups in total. The van der Waals surface area contributed by atoms with E-state index in [4.69, 9.17) is 11.6 Å². The van der Waals surface area contributed by atoms with Crippen LogP contribution in [0, 0.1) is 0 Å². The van der Waals surface area contributed by atoms with Crippen LogP contribution in [0.2, 0.25) is 5.02 Å². The van der Waals surface area contributed by atoms with Crippen LogP contribution in [0.1, 0.15) is 13.3 Å². The number of sulfonamides is 1. The monoisotopic (exact) mass is 302 g/mol. The van der Waals surface area contributed by atoms with Crippen LogP contribution in [-0.2, 0) is 14.8 Å². The summed E-state index contributed by atoms with van der Waals surface area (Å²) in [5, 5.41) is 0.544. The molecule has 1 fully saturated rings. The maximum Gasteiger partial charge on any atom is 0.245 e. The number of hydrogen-bond donors (Lipinski definition) is 1. The first-order valence-corrected chi connectivity index (χ1v) is 8.03. The van der Waals surface area contributed by atoms with Crippen molar-refractivity contribution in [1.82, 2.24) is 4.72 Å². The van der Waals surface area contributed by atoms with Crippen molar-refractivity contribution in [1.29, 1.82) is 0 Å². The molecular formula is C12H15ClN2O3S. The third-order valence-electron chi connectivity index (χ3n) is 3.03. The van der Waals surface area contributed by atoms with E-state index < -0.39 is 16.1 Å². The Morgan fingerprint density at radius 2 is 2.21 bits per heavy atom. The predicted molar refractivity (Wildman–Crippen MR) is 74.8 cm³/mol. The Balaban J connectivity index is 2.14. The van der Waals surface area contributed by atoms with E-state index in [0.717, 1.165) is 0 Å². The number of nitrogens with zero attached hydrogens (tertiary/aromatic N) is 1. The summed E-state index contributed by atoms with van der Waals surface area (Å²) in [7, 11) is -3.37. The highest BCUT2D eigenvalue weighted by Crippen LogP contribution is 2.24. The van der Waals surface area contributed by atoms with Crippen molar-refractivity contribution in [3.05, 3.63) is 29.3 Å². The summed E-state index contributed by atoms with van der Waals surface area (Å²) < 4.78 is 25.4. The van der Waals surface area contributed by atoms with Gasteiger partial charge in [-0.25, -0.2) is 13.1 Å². The minimum absolute atomic E-state index is 0.0338. The number of rotatable bonds is 4. The van der Waals surface area contributed by atoms with E-state index in [1.807, 2.05) is 0 Å². The molecule has 1 atom stereocenters. The van der Waals surface area contributed by atoms with Crippen LogP contribution in [0.25, 0.3) is 0 Å². The first kappa shape index (κ1) is 14.3. The topological polar surface area (TPSA) is 66.5 Å². The summed E-state index contributed by atoms with van der Waals surface area (Å²) in [6, 6.07) is 6.28. The highest BCUT2D eigenvalue weighted by molar-refractivity contribution is 7.89. The fourth-order valence-corrected chi connectivity index (χ4v) is 2.99. The fourth-order valence-electron chi connectivity index (χ4n) is 1.99. The molecule has 1 aliphatic heterocycles. The van der Waals surface area contributed by atoms with Crippen LogP contribution in [0.15, 0.2) is 24.3 Å². The van der Waals surface area contributed by atoms with Gasteiger partial charge in [-0.2, -0.15) is 0 Å². The van der Waals surface area contributed by atoms with Gasteiger partial charge in [0.05, 0.1) is 5.75 Å². The fraction of sp³-hybridized carbons (Fsp3) is 0.417. The van der Waals surface area contributed by atoms with E-state index in [2.05, 4.69) is 4.72 Å². The molecule has 104 valence electrons. The number of carbonyl (C=O) groups is 1. The zero-order valence-corrected chi connectivity index (χ0v) is 12.0. The Labute approximate surface area is 117 Å².